The number of rotatable bonds is 10. The minimum atomic E-state index is -0.830. The monoisotopic (exact) mass is 441 g/mol. The molecule has 0 amide bonds. The van der Waals surface area contributed by atoms with Crippen molar-refractivity contribution in [3.8, 4) is 11.4 Å². The highest BCUT2D eigenvalue weighted by Crippen LogP contribution is 2.32. The molecule has 2 aromatic heterocycles. The van der Waals surface area contributed by atoms with Gasteiger partial charge in [0.05, 0.1) is 6.42 Å². The SMILES string of the molecule is CN(C)C1CN(c2ccc(-c3noc([C@H](CCCC4CCCCC4)CC(=O)O)n3)cn2)C1. The van der Waals surface area contributed by atoms with Crippen molar-refractivity contribution in [3.05, 3.63) is 24.2 Å². The van der Waals surface area contributed by atoms with E-state index in [0.717, 1.165) is 49.7 Å². The third kappa shape index (κ3) is 5.65. The molecule has 0 bridgehead atoms. The maximum absolute atomic E-state index is 11.4. The lowest BCUT2D eigenvalue weighted by Crippen LogP contribution is -2.57. The Kier molecular flexibility index (Phi) is 7.40. The van der Waals surface area contributed by atoms with Crippen molar-refractivity contribution in [1.29, 1.82) is 0 Å². The average molecular weight is 442 g/mol. The number of likely N-dealkylation sites (N-methyl/N-ethyl adjacent to an activating group) is 1. The molecule has 0 aromatic carbocycles. The highest BCUT2D eigenvalue weighted by atomic mass is 16.5. The van der Waals surface area contributed by atoms with E-state index >= 15 is 0 Å². The van der Waals surface area contributed by atoms with Gasteiger partial charge in [0.1, 0.15) is 5.82 Å². The maximum Gasteiger partial charge on any atom is 0.304 e. The first kappa shape index (κ1) is 22.7. The predicted octanol–water partition coefficient (Wildman–Crippen LogP) is 4.19. The van der Waals surface area contributed by atoms with Crippen LogP contribution in [0.15, 0.2) is 22.9 Å². The van der Waals surface area contributed by atoms with Gasteiger partial charge in [-0.15, -0.1) is 0 Å². The molecular weight excluding hydrogens is 406 g/mol. The lowest BCUT2D eigenvalue weighted by molar-refractivity contribution is -0.137. The summed E-state index contributed by atoms with van der Waals surface area (Å²) in [5.74, 6) is 1.55. The number of hydrogen-bond donors (Lipinski definition) is 1. The molecule has 1 aliphatic heterocycles. The van der Waals surface area contributed by atoms with Gasteiger partial charge in [0.2, 0.25) is 11.7 Å². The Hall–Kier alpha value is -2.48. The van der Waals surface area contributed by atoms with E-state index in [4.69, 9.17) is 4.52 Å². The van der Waals surface area contributed by atoms with Gasteiger partial charge in [0, 0.05) is 36.8 Å². The van der Waals surface area contributed by atoms with Crippen molar-refractivity contribution in [2.75, 3.05) is 32.1 Å². The summed E-state index contributed by atoms with van der Waals surface area (Å²) < 4.78 is 5.51. The Labute approximate surface area is 190 Å². The van der Waals surface area contributed by atoms with Gasteiger partial charge < -0.3 is 19.4 Å². The summed E-state index contributed by atoms with van der Waals surface area (Å²) in [6.07, 6.45) is 11.3. The molecule has 32 heavy (non-hydrogen) atoms. The van der Waals surface area contributed by atoms with Crippen LogP contribution in [0.25, 0.3) is 11.4 Å². The Morgan fingerprint density at radius 3 is 2.69 bits per heavy atom. The molecule has 2 aromatic rings. The second-order valence-electron chi connectivity index (χ2n) is 9.61. The van der Waals surface area contributed by atoms with Crippen LogP contribution in [0.1, 0.15) is 69.6 Å². The Bertz CT molecular complexity index is 870. The normalized spacial score (nSPS) is 18.7. The van der Waals surface area contributed by atoms with E-state index < -0.39 is 5.97 Å². The Balaban J connectivity index is 1.36. The van der Waals surface area contributed by atoms with Gasteiger partial charge in [0.25, 0.3) is 0 Å². The van der Waals surface area contributed by atoms with E-state index in [1.54, 1.807) is 6.20 Å². The van der Waals surface area contributed by atoms with E-state index in [-0.39, 0.29) is 12.3 Å². The van der Waals surface area contributed by atoms with Crippen LogP contribution in [0.4, 0.5) is 5.82 Å². The Morgan fingerprint density at radius 1 is 1.25 bits per heavy atom. The van der Waals surface area contributed by atoms with Crippen molar-refractivity contribution in [2.24, 2.45) is 5.92 Å². The van der Waals surface area contributed by atoms with Gasteiger partial charge in [-0.25, -0.2) is 4.98 Å². The summed E-state index contributed by atoms with van der Waals surface area (Å²) in [5, 5.41) is 13.5. The number of carboxylic acids is 1. The summed E-state index contributed by atoms with van der Waals surface area (Å²) in [6, 6.07) is 4.51. The lowest BCUT2D eigenvalue weighted by atomic mass is 9.84. The molecule has 1 atom stereocenters. The van der Waals surface area contributed by atoms with Crippen molar-refractivity contribution in [1.82, 2.24) is 20.0 Å². The summed E-state index contributed by atoms with van der Waals surface area (Å²) in [4.78, 5) is 25.0. The lowest BCUT2D eigenvalue weighted by Gasteiger charge is -2.43. The molecule has 4 rings (SSSR count). The second kappa shape index (κ2) is 10.4. The molecule has 1 N–H and O–H groups in total. The number of carbonyl (C=O) groups is 1. The van der Waals surface area contributed by atoms with Gasteiger partial charge >= 0.3 is 5.97 Å². The largest absolute Gasteiger partial charge is 0.481 e. The fourth-order valence-corrected chi connectivity index (χ4v) is 4.85. The molecular formula is C24H35N5O3. The van der Waals surface area contributed by atoms with Crippen molar-refractivity contribution >= 4 is 11.8 Å². The van der Waals surface area contributed by atoms with Gasteiger partial charge in [-0.3, -0.25) is 4.79 Å². The number of hydrogen-bond acceptors (Lipinski definition) is 7. The summed E-state index contributed by atoms with van der Waals surface area (Å²) in [6.45, 7) is 1.95. The fourth-order valence-electron chi connectivity index (χ4n) is 4.85. The van der Waals surface area contributed by atoms with Gasteiger partial charge in [-0.2, -0.15) is 4.98 Å². The van der Waals surface area contributed by atoms with Crippen LogP contribution in [0.2, 0.25) is 0 Å². The summed E-state index contributed by atoms with van der Waals surface area (Å²) in [5.41, 5.74) is 0.782. The number of aromatic nitrogens is 3. The third-order valence-electron chi connectivity index (χ3n) is 7.02. The van der Waals surface area contributed by atoms with Gasteiger partial charge in [-0.1, -0.05) is 50.1 Å². The minimum Gasteiger partial charge on any atom is -0.481 e. The van der Waals surface area contributed by atoms with Crippen molar-refractivity contribution in [2.45, 2.75) is 69.7 Å². The van der Waals surface area contributed by atoms with E-state index in [2.05, 4.69) is 39.0 Å². The van der Waals surface area contributed by atoms with Crippen LogP contribution >= 0.6 is 0 Å². The zero-order valence-electron chi connectivity index (χ0n) is 19.2. The first-order valence-electron chi connectivity index (χ1n) is 11.9. The van der Waals surface area contributed by atoms with Crippen LogP contribution in [0.5, 0.6) is 0 Å². The number of nitrogens with zero attached hydrogens (tertiary/aromatic N) is 5. The zero-order valence-corrected chi connectivity index (χ0v) is 19.2. The standard InChI is InChI=1S/C24H35N5O3/c1-28(2)20-15-29(16-20)21-12-11-19(14-25-21)23-26-24(32-27-23)18(13-22(30)31)10-6-9-17-7-4-3-5-8-17/h11-12,14,17-18,20H,3-10,13,15-16H2,1-2H3,(H,30,31)/t18-/m1/s1. The van der Waals surface area contributed by atoms with E-state index in [0.29, 0.717) is 17.8 Å². The highest BCUT2D eigenvalue weighted by molar-refractivity contribution is 5.67. The summed E-state index contributed by atoms with van der Waals surface area (Å²) in [7, 11) is 4.19. The van der Waals surface area contributed by atoms with Crippen LogP contribution in [0, 0.1) is 5.92 Å². The van der Waals surface area contributed by atoms with Crippen LogP contribution in [-0.2, 0) is 4.79 Å². The molecule has 0 unspecified atom stereocenters. The first-order chi connectivity index (χ1) is 15.5. The molecule has 174 valence electrons. The maximum atomic E-state index is 11.4. The third-order valence-corrected chi connectivity index (χ3v) is 7.02. The number of aliphatic carboxylic acids is 1. The topological polar surface area (TPSA) is 95.6 Å². The second-order valence-corrected chi connectivity index (χ2v) is 9.61. The zero-order chi connectivity index (χ0) is 22.5. The predicted molar refractivity (Wildman–Crippen MR) is 123 cm³/mol. The van der Waals surface area contributed by atoms with E-state index in [1.807, 2.05) is 12.1 Å². The quantitative estimate of drug-likeness (QED) is 0.586. The average Bonchev–Trinajstić information content (AvgIpc) is 3.23. The van der Waals surface area contributed by atoms with Crippen molar-refractivity contribution in [3.63, 3.8) is 0 Å². The fraction of sp³-hybridized carbons (Fsp3) is 0.667. The van der Waals surface area contributed by atoms with Crippen LogP contribution in [-0.4, -0.2) is 64.3 Å². The molecule has 8 heteroatoms. The molecule has 1 saturated heterocycles. The van der Waals surface area contributed by atoms with Crippen molar-refractivity contribution < 1.29 is 14.4 Å². The first-order valence-corrected chi connectivity index (χ1v) is 11.9. The smallest absolute Gasteiger partial charge is 0.304 e. The van der Waals surface area contributed by atoms with Gasteiger partial charge in [-0.05, 0) is 38.6 Å². The van der Waals surface area contributed by atoms with E-state index in [1.165, 1.54) is 32.1 Å². The number of carboxylic acid groups (broad SMARTS) is 1. The minimum absolute atomic E-state index is 0.0193. The molecule has 2 aliphatic rings. The van der Waals surface area contributed by atoms with E-state index in [9.17, 15) is 9.90 Å². The molecule has 0 spiro atoms. The van der Waals surface area contributed by atoms with Crippen LogP contribution < -0.4 is 4.90 Å². The highest BCUT2D eigenvalue weighted by Gasteiger charge is 2.29. The number of anilines is 1. The molecule has 8 nitrogen and oxygen atoms in total. The molecule has 2 fully saturated rings. The van der Waals surface area contributed by atoms with Crippen LogP contribution in [0.3, 0.4) is 0 Å². The van der Waals surface area contributed by atoms with Gasteiger partial charge in [0.15, 0.2) is 0 Å². The number of pyridine rings is 1. The summed E-state index contributed by atoms with van der Waals surface area (Å²) >= 11 is 0. The Morgan fingerprint density at radius 2 is 2.03 bits per heavy atom. The molecule has 3 heterocycles. The molecule has 0 radical (unpaired) electrons. The molecule has 1 aliphatic carbocycles. The molecule has 1 saturated carbocycles.